The van der Waals surface area contributed by atoms with Gasteiger partial charge in [0.05, 0.1) is 18.4 Å². The molecule has 0 saturated heterocycles. The lowest BCUT2D eigenvalue weighted by molar-refractivity contribution is -0.137. The van der Waals surface area contributed by atoms with Crippen LogP contribution in [0.4, 0.5) is 0 Å². The Labute approximate surface area is 119 Å². The van der Waals surface area contributed by atoms with Crippen LogP contribution in [0.1, 0.15) is 10.6 Å². The number of nitrogens with zero attached hydrogens (tertiary/aromatic N) is 3. The largest absolute Gasteiger partial charge is 0.480 e. The topological polar surface area (TPSA) is 114 Å². The Morgan fingerprint density at radius 2 is 2.25 bits per heavy atom. The molecule has 2 heterocycles. The maximum absolute atomic E-state index is 12.0. The van der Waals surface area contributed by atoms with Crippen LogP contribution in [0.25, 0.3) is 0 Å². The summed E-state index contributed by atoms with van der Waals surface area (Å²) in [4.78, 5) is 11.4. The van der Waals surface area contributed by atoms with E-state index in [9.17, 15) is 13.2 Å². The molecule has 0 radical (unpaired) electrons. The van der Waals surface area contributed by atoms with E-state index in [-0.39, 0.29) is 17.3 Å². The SMILES string of the molecule is Cc1ccc(S(=O)(=O)NCc2cn(CC(=O)O)nn2)s1. The monoisotopic (exact) mass is 316 g/mol. The quantitative estimate of drug-likeness (QED) is 0.787. The fraction of sp³-hybridized carbons (Fsp3) is 0.300. The Morgan fingerprint density at radius 3 is 2.85 bits per heavy atom. The van der Waals surface area contributed by atoms with Gasteiger partial charge in [0.1, 0.15) is 10.8 Å². The summed E-state index contributed by atoms with van der Waals surface area (Å²) in [7, 11) is -3.58. The highest BCUT2D eigenvalue weighted by Gasteiger charge is 2.16. The van der Waals surface area contributed by atoms with Crippen LogP contribution in [0.5, 0.6) is 0 Å². The van der Waals surface area contributed by atoms with E-state index in [2.05, 4.69) is 15.0 Å². The van der Waals surface area contributed by atoms with Crippen LogP contribution >= 0.6 is 11.3 Å². The van der Waals surface area contributed by atoms with Gasteiger partial charge in [-0.25, -0.2) is 17.8 Å². The van der Waals surface area contributed by atoms with Gasteiger partial charge in [-0.2, -0.15) is 0 Å². The number of rotatable bonds is 6. The van der Waals surface area contributed by atoms with E-state index in [0.29, 0.717) is 5.69 Å². The zero-order chi connectivity index (χ0) is 14.8. The molecule has 2 aromatic heterocycles. The van der Waals surface area contributed by atoms with Crippen LogP contribution in [0, 0.1) is 6.92 Å². The number of aliphatic carboxylic acids is 1. The van der Waals surface area contributed by atoms with Crippen molar-refractivity contribution in [2.75, 3.05) is 0 Å². The predicted octanol–water partition coefficient (Wildman–Crippen LogP) is 0.211. The highest BCUT2D eigenvalue weighted by atomic mass is 32.2. The summed E-state index contributed by atoms with van der Waals surface area (Å²) in [6, 6.07) is 3.26. The highest BCUT2D eigenvalue weighted by Crippen LogP contribution is 2.20. The summed E-state index contributed by atoms with van der Waals surface area (Å²) < 4.78 is 27.7. The molecule has 0 aliphatic heterocycles. The molecule has 0 spiro atoms. The molecule has 0 aromatic carbocycles. The molecule has 0 atom stereocenters. The summed E-state index contributed by atoms with van der Waals surface area (Å²) in [5.41, 5.74) is 0.350. The van der Waals surface area contributed by atoms with E-state index >= 15 is 0 Å². The second-order valence-corrected chi connectivity index (χ2v) is 7.27. The van der Waals surface area contributed by atoms with Crippen molar-refractivity contribution in [2.45, 2.75) is 24.2 Å². The molecule has 0 aliphatic carbocycles. The minimum absolute atomic E-state index is 0.0428. The van der Waals surface area contributed by atoms with E-state index in [1.165, 1.54) is 23.6 Å². The lowest BCUT2D eigenvalue weighted by Crippen LogP contribution is -2.22. The van der Waals surface area contributed by atoms with Crippen LogP contribution in [-0.4, -0.2) is 34.5 Å². The molecule has 10 heteroatoms. The zero-order valence-electron chi connectivity index (χ0n) is 10.5. The van der Waals surface area contributed by atoms with Gasteiger partial charge in [-0.05, 0) is 19.1 Å². The van der Waals surface area contributed by atoms with E-state index in [0.717, 1.165) is 9.56 Å². The molecule has 2 aromatic rings. The number of carboxylic acids is 1. The molecule has 8 nitrogen and oxygen atoms in total. The first kappa shape index (κ1) is 14.6. The van der Waals surface area contributed by atoms with Crippen molar-refractivity contribution in [3.05, 3.63) is 28.9 Å². The first-order chi connectivity index (χ1) is 9.37. The molecule has 108 valence electrons. The van der Waals surface area contributed by atoms with E-state index in [1.807, 2.05) is 6.92 Å². The second kappa shape index (κ2) is 5.69. The predicted molar refractivity (Wildman–Crippen MR) is 70.7 cm³/mol. The standard InChI is InChI=1S/C10H12N4O4S2/c1-7-2-3-10(19-7)20(17,18)11-4-8-5-14(13-12-8)6-9(15)16/h2-3,5,11H,4,6H2,1H3,(H,15,16). The van der Waals surface area contributed by atoms with Crippen LogP contribution in [0.15, 0.2) is 22.5 Å². The maximum atomic E-state index is 12.0. The van der Waals surface area contributed by atoms with Gasteiger partial charge in [0, 0.05) is 4.88 Å². The van der Waals surface area contributed by atoms with E-state index in [1.54, 1.807) is 6.07 Å². The van der Waals surface area contributed by atoms with Gasteiger partial charge in [-0.3, -0.25) is 4.79 Å². The number of carboxylic acid groups (broad SMARTS) is 1. The van der Waals surface area contributed by atoms with Crippen LogP contribution < -0.4 is 4.72 Å². The number of sulfonamides is 1. The molecular weight excluding hydrogens is 304 g/mol. The van der Waals surface area contributed by atoms with Gasteiger partial charge >= 0.3 is 5.97 Å². The minimum Gasteiger partial charge on any atom is -0.480 e. The third kappa shape index (κ3) is 3.62. The van der Waals surface area contributed by atoms with Crippen molar-refractivity contribution in [2.24, 2.45) is 0 Å². The summed E-state index contributed by atoms with van der Waals surface area (Å²) in [5, 5.41) is 15.9. The number of hydrogen-bond acceptors (Lipinski definition) is 6. The van der Waals surface area contributed by atoms with Gasteiger partial charge in [0.25, 0.3) is 0 Å². The second-order valence-electron chi connectivity index (χ2n) is 3.99. The van der Waals surface area contributed by atoms with Gasteiger partial charge in [0.2, 0.25) is 10.0 Å². The molecule has 20 heavy (non-hydrogen) atoms. The third-order valence-corrected chi connectivity index (χ3v) is 5.20. The molecule has 0 aliphatic rings. The van der Waals surface area contributed by atoms with Crippen molar-refractivity contribution in [3.63, 3.8) is 0 Å². The lowest BCUT2D eigenvalue weighted by Gasteiger charge is -2.01. The number of aryl methyl sites for hydroxylation is 1. The summed E-state index contributed by atoms with van der Waals surface area (Å²) in [6.07, 6.45) is 1.39. The first-order valence-corrected chi connectivity index (χ1v) is 7.84. The van der Waals surface area contributed by atoms with Gasteiger partial charge in [-0.1, -0.05) is 5.21 Å². The maximum Gasteiger partial charge on any atom is 0.325 e. The smallest absolute Gasteiger partial charge is 0.325 e. The van der Waals surface area contributed by atoms with E-state index in [4.69, 9.17) is 5.11 Å². The van der Waals surface area contributed by atoms with Gasteiger partial charge < -0.3 is 5.11 Å². The zero-order valence-corrected chi connectivity index (χ0v) is 12.1. The Bertz CT molecular complexity index is 719. The summed E-state index contributed by atoms with van der Waals surface area (Å²) in [6.45, 7) is 1.46. The Morgan fingerprint density at radius 1 is 1.50 bits per heavy atom. The molecule has 0 bridgehead atoms. The molecule has 2 rings (SSSR count). The average molecular weight is 316 g/mol. The van der Waals surface area contributed by atoms with E-state index < -0.39 is 16.0 Å². The Hall–Kier alpha value is -1.78. The van der Waals surface area contributed by atoms with Crippen LogP contribution in [-0.2, 0) is 27.9 Å². The fourth-order valence-electron chi connectivity index (χ4n) is 1.43. The number of nitrogens with one attached hydrogen (secondary N) is 1. The van der Waals surface area contributed by atoms with Crippen molar-refractivity contribution in [3.8, 4) is 0 Å². The molecule has 0 saturated carbocycles. The number of aromatic nitrogens is 3. The molecule has 2 N–H and O–H groups in total. The third-order valence-electron chi connectivity index (χ3n) is 2.31. The van der Waals surface area contributed by atoms with Crippen LogP contribution in [0.2, 0.25) is 0 Å². The van der Waals surface area contributed by atoms with Gasteiger partial charge in [-0.15, -0.1) is 16.4 Å². The van der Waals surface area contributed by atoms with Crippen molar-refractivity contribution < 1.29 is 18.3 Å². The molecular formula is C10H12N4O4S2. The minimum atomic E-state index is -3.58. The lowest BCUT2D eigenvalue weighted by atomic mass is 10.5. The molecule has 0 amide bonds. The number of thiophene rings is 1. The Kier molecular flexibility index (Phi) is 4.16. The van der Waals surface area contributed by atoms with Crippen molar-refractivity contribution >= 4 is 27.3 Å². The Balaban J connectivity index is 2.01. The summed E-state index contributed by atoms with van der Waals surface area (Å²) >= 11 is 1.17. The van der Waals surface area contributed by atoms with Gasteiger partial charge in [0.15, 0.2) is 0 Å². The van der Waals surface area contributed by atoms with Crippen LogP contribution in [0.3, 0.4) is 0 Å². The number of carbonyl (C=O) groups is 1. The van der Waals surface area contributed by atoms with Crippen molar-refractivity contribution in [1.29, 1.82) is 0 Å². The molecule has 0 fully saturated rings. The first-order valence-electron chi connectivity index (χ1n) is 5.54. The fourth-order valence-corrected chi connectivity index (χ4v) is 3.76. The summed E-state index contributed by atoms with van der Waals surface area (Å²) in [5.74, 6) is -1.05. The highest BCUT2D eigenvalue weighted by molar-refractivity contribution is 7.91. The average Bonchev–Trinajstić information content (AvgIpc) is 2.95. The normalized spacial score (nSPS) is 11.7. The van der Waals surface area contributed by atoms with Crippen molar-refractivity contribution in [1.82, 2.24) is 19.7 Å². The number of hydrogen-bond donors (Lipinski definition) is 2. The molecule has 0 unspecified atom stereocenters.